The van der Waals surface area contributed by atoms with Gasteiger partial charge in [0.2, 0.25) is 0 Å². The summed E-state index contributed by atoms with van der Waals surface area (Å²) in [5.74, 6) is 1.26. The first-order valence-electron chi connectivity index (χ1n) is 5.75. The molecule has 2 rings (SSSR count). The molecule has 0 unspecified atom stereocenters. The van der Waals surface area contributed by atoms with E-state index in [1.54, 1.807) is 31.1 Å². The van der Waals surface area contributed by atoms with Gasteiger partial charge < -0.3 is 14.8 Å². The number of nitrogens with zero attached hydrogens (tertiary/aromatic N) is 2. The van der Waals surface area contributed by atoms with Crippen LogP contribution in [0.3, 0.4) is 0 Å². The molecule has 2 aromatic rings. The molecule has 6 nitrogen and oxygen atoms in total. The van der Waals surface area contributed by atoms with E-state index in [2.05, 4.69) is 10.4 Å². The van der Waals surface area contributed by atoms with Crippen molar-refractivity contribution in [3.63, 3.8) is 0 Å². The number of benzene rings is 1. The second-order valence-corrected chi connectivity index (χ2v) is 3.77. The first-order valence-corrected chi connectivity index (χ1v) is 5.75. The van der Waals surface area contributed by atoms with Gasteiger partial charge in [-0.15, -0.1) is 0 Å². The molecule has 1 aromatic carbocycles. The molecule has 0 aliphatic heterocycles. The lowest BCUT2D eigenvalue weighted by Gasteiger charge is -2.06. The molecule has 0 aliphatic carbocycles. The first-order chi connectivity index (χ1) is 9.22. The van der Waals surface area contributed by atoms with E-state index in [0.29, 0.717) is 11.4 Å². The Kier molecular flexibility index (Phi) is 4.02. The van der Waals surface area contributed by atoms with Crippen molar-refractivity contribution < 1.29 is 14.3 Å². The minimum atomic E-state index is -0.219. The monoisotopic (exact) mass is 261 g/mol. The van der Waals surface area contributed by atoms with Gasteiger partial charge in [-0.05, 0) is 30.3 Å². The van der Waals surface area contributed by atoms with E-state index in [9.17, 15) is 4.79 Å². The van der Waals surface area contributed by atoms with Crippen LogP contribution in [0.1, 0.15) is 10.5 Å². The van der Waals surface area contributed by atoms with Gasteiger partial charge in [-0.2, -0.15) is 5.10 Å². The van der Waals surface area contributed by atoms with Gasteiger partial charge in [-0.3, -0.25) is 4.79 Å². The molecule has 0 radical (unpaired) electrons. The van der Waals surface area contributed by atoms with Gasteiger partial charge in [-0.1, -0.05) is 0 Å². The fourth-order valence-electron chi connectivity index (χ4n) is 1.50. The molecule has 0 saturated heterocycles. The zero-order chi connectivity index (χ0) is 13.7. The molecular formula is C13H15N3O3. The van der Waals surface area contributed by atoms with Crippen molar-refractivity contribution in [2.24, 2.45) is 0 Å². The summed E-state index contributed by atoms with van der Waals surface area (Å²) < 4.78 is 12.1. The van der Waals surface area contributed by atoms with Crippen molar-refractivity contribution in [2.45, 2.75) is 6.73 Å². The summed E-state index contributed by atoms with van der Waals surface area (Å²) in [5, 5.41) is 6.60. The maximum absolute atomic E-state index is 11.3. The van der Waals surface area contributed by atoms with E-state index < -0.39 is 0 Å². The maximum Gasteiger partial charge on any atom is 0.271 e. The number of hydrogen-bond acceptors (Lipinski definition) is 4. The van der Waals surface area contributed by atoms with E-state index in [4.69, 9.17) is 9.47 Å². The number of amides is 1. The zero-order valence-corrected chi connectivity index (χ0v) is 10.8. The number of aromatic nitrogens is 2. The summed E-state index contributed by atoms with van der Waals surface area (Å²) >= 11 is 0. The third-order valence-corrected chi connectivity index (χ3v) is 2.52. The summed E-state index contributed by atoms with van der Waals surface area (Å²) in [5.41, 5.74) is 0.362. The summed E-state index contributed by atoms with van der Waals surface area (Å²) in [7, 11) is 3.18. The highest BCUT2D eigenvalue weighted by Gasteiger charge is 2.06. The molecule has 1 amide bonds. The lowest BCUT2D eigenvalue weighted by molar-refractivity contribution is 0.0956. The number of nitrogens with one attached hydrogen (secondary N) is 1. The minimum absolute atomic E-state index is 0.219. The Morgan fingerprint density at radius 2 is 1.95 bits per heavy atom. The standard InChI is InChI=1S/C13H15N3O3/c1-14-13(17)12-7-8-16(15-12)9-19-11-5-3-10(18-2)4-6-11/h3-8H,9H2,1-2H3,(H,14,17). The van der Waals surface area contributed by atoms with Crippen molar-refractivity contribution in [3.8, 4) is 11.5 Å². The molecule has 0 bridgehead atoms. The molecule has 0 saturated carbocycles. The van der Waals surface area contributed by atoms with Gasteiger partial charge in [0.25, 0.3) is 5.91 Å². The van der Waals surface area contributed by atoms with Crippen LogP contribution in [0.5, 0.6) is 11.5 Å². The van der Waals surface area contributed by atoms with Crippen LogP contribution in [-0.2, 0) is 6.73 Å². The molecule has 0 aliphatic rings. The number of carbonyl (C=O) groups excluding carboxylic acids is 1. The van der Waals surface area contributed by atoms with Crippen LogP contribution in [0.2, 0.25) is 0 Å². The molecule has 1 N–H and O–H groups in total. The zero-order valence-electron chi connectivity index (χ0n) is 10.8. The quantitative estimate of drug-likeness (QED) is 0.880. The molecule has 19 heavy (non-hydrogen) atoms. The predicted octanol–water partition coefficient (Wildman–Crippen LogP) is 1.29. The van der Waals surface area contributed by atoms with Gasteiger partial charge in [0, 0.05) is 13.2 Å². The highest BCUT2D eigenvalue weighted by Crippen LogP contribution is 2.17. The number of methoxy groups -OCH3 is 1. The SMILES string of the molecule is CNC(=O)c1ccn(COc2ccc(OC)cc2)n1. The van der Waals surface area contributed by atoms with E-state index >= 15 is 0 Å². The van der Waals surface area contributed by atoms with Crippen molar-refractivity contribution in [1.82, 2.24) is 15.1 Å². The topological polar surface area (TPSA) is 65.4 Å². The highest BCUT2D eigenvalue weighted by molar-refractivity contribution is 5.91. The largest absolute Gasteiger partial charge is 0.497 e. The molecule has 6 heteroatoms. The second-order valence-electron chi connectivity index (χ2n) is 3.77. The first kappa shape index (κ1) is 12.9. The number of rotatable bonds is 5. The van der Waals surface area contributed by atoms with Crippen LogP contribution in [0, 0.1) is 0 Å². The number of ether oxygens (including phenoxy) is 2. The summed E-state index contributed by atoms with van der Waals surface area (Å²) in [6.07, 6.45) is 1.69. The van der Waals surface area contributed by atoms with Crippen LogP contribution < -0.4 is 14.8 Å². The third kappa shape index (κ3) is 3.25. The summed E-state index contributed by atoms with van der Waals surface area (Å²) in [6, 6.07) is 8.88. The lowest BCUT2D eigenvalue weighted by atomic mass is 10.3. The summed E-state index contributed by atoms with van der Waals surface area (Å²) in [6.45, 7) is 0.239. The predicted molar refractivity (Wildman–Crippen MR) is 69.2 cm³/mol. The molecule has 0 fully saturated rings. The van der Waals surface area contributed by atoms with Gasteiger partial charge in [0.05, 0.1) is 7.11 Å². The van der Waals surface area contributed by atoms with Crippen LogP contribution in [0.15, 0.2) is 36.5 Å². The normalized spacial score (nSPS) is 10.0. The van der Waals surface area contributed by atoms with Crippen LogP contribution in [-0.4, -0.2) is 29.8 Å². The number of carbonyl (C=O) groups is 1. The fraction of sp³-hybridized carbons (Fsp3) is 0.231. The lowest BCUT2D eigenvalue weighted by Crippen LogP contribution is -2.19. The smallest absolute Gasteiger partial charge is 0.271 e. The fourth-order valence-corrected chi connectivity index (χ4v) is 1.50. The average Bonchev–Trinajstić information content (AvgIpc) is 2.93. The van der Waals surface area contributed by atoms with Gasteiger partial charge in [0.1, 0.15) is 17.2 Å². The summed E-state index contributed by atoms with van der Waals surface area (Å²) in [4.78, 5) is 11.3. The van der Waals surface area contributed by atoms with Crippen LogP contribution in [0.25, 0.3) is 0 Å². The molecular weight excluding hydrogens is 246 g/mol. The third-order valence-electron chi connectivity index (χ3n) is 2.52. The Hall–Kier alpha value is -2.50. The van der Waals surface area contributed by atoms with Crippen LogP contribution >= 0.6 is 0 Å². The van der Waals surface area contributed by atoms with Crippen molar-refractivity contribution in [3.05, 3.63) is 42.2 Å². The Balaban J connectivity index is 1.94. The van der Waals surface area contributed by atoms with E-state index in [1.807, 2.05) is 24.3 Å². The molecule has 1 aromatic heterocycles. The van der Waals surface area contributed by atoms with Gasteiger partial charge >= 0.3 is 0 Å². The Bertz CT molecular complexity index is 549. The van der Waals surface area contributed by atoms with Crippen molar-refractivity contribution in [2.75, 3.05) is 14.2 Å². The molecule has 0 spiro atoms. The minimum Gasteiger partial charge on any atom is -0.497 e. The van der Waals surface area contributed by atoms with Gasteiger partial charge in [-0.25, -0.2) is 4.68 Å². The number of hydrogen-bond donors (Lipinski definition) is 1. The average molecular weight is 261 g/mol. The van der Waals surface area contributed by atoms with Crippen LogP contribution in [0.4, 0.5) is 0 Å². The van der Waals surface area contributed by atoms with Crippen molar-refractivity contribution >= 4 is 5.91 Å². The molecule has 100 valence electrons. The second kappa shape index (κ2) is 5.90. The Morgan fingerprint density at radius 3 is 2.58 bits per heavy atom. The maximum atomic E-state index is 11.3. The highest BCUT2D eigenvalue weighted by atomic mass is 16.5. The molecule has 1 heterocycles. The van der Waals surface area contributed by atoms with Crippen molar-refractivity contribution in [1.29, 1.82) is 0 Å². The van der Waals surface area contributed by atoms with Gasteiger partial charge in [0.15, 0.2) is 6.73 Å². The van der Waals surface area contributed by atoms with E-state index in [1.165, 1.54) is 0 Å². The Morgan fingerprint density at radius 1 is 1.26 bits per heavy atom. The van der Waals surface area contributed by atoms with E-state index in [-0.39, 0.29) is 12.6 Å². The Labute approximate surface area is 110 Å². The van der Waals surface area contributed by atoms with E-state index in [0.717, 1.165) is 5.75 Å². The molecule has 0 atom stereocenters.